The molecule has 2 aliphatic rings. The maximum Gasteiger partial charge on any atom is 0.321 e. The molecule has 0 aliphatic carbocycles. The molecule has 3 rings (SSSR count). The number of fused-ring (bicyclic) bond motifs is 3. The van der Waals surface area contributed by atoms with E-state index in [1.54, 1.807) is 23.1 Å². The summed E-state index contributed by atoms with van der Waals surface area (Å²) in [5.41, 5.74) is 6.36. The highest BCUT2D eigenvalue weighted by molar-refractivity contribution is 7.92. The van der Waals surface area contributed by atoms with Gasteiger partial charge in [-0.05, 0) is 37.3 Å². The lowest BCUT2D eigenvalue weighted by Crippen LogP contribution is -2.47. The summed E-state index contributed by atoms with van der Waals surface area (Å²) in [4.78, 5) is 14.6. The van der Waals surface area contributed by atoms with Crippen molar-refractivity contribution in [3.63, 3.8) is 0 Å². The van der Waals surface area contributed by atoms with Crippen molar-refractivity contribution in [2.45, 2.75) is 19.1 Å². The number of hydrogen-bond acceptors (Lipinski definition) is 5. The van der Waals surface area contributed by atoms with E-state index >= 15 is 0 Å². The first-order valence-electron chi connectivity index (χ1n) is 6.86. The van der Waals surface area contributed by atoms with E-state index in [1.807, 2.05) is 6.92 Å². The van der Waals surface area contributed by atoms with Crippen LogP contribution < -0.4 is 20.1 Å². The zero-order chi connectivity index (χ0) is 16.9. The number of nitrogens with one attached hydrogen (secondary N) is 1. The van der Waals surface area contributed by atoms with Crippen LogP contribution in [0.2, 0.25) is 0 Å². The summed E-state index contributed by atoms with van der Waals surface area (Å²) in [6, 6.07) is 4.12. The maximum atomic E-state index is 11.5. The van der Waals surface area contributed by atoms with Gasteiger partial charge in [-0.15, -0.1) is 0 Å². The van der Waals surface area contributed by atoms with E-state index in [2.05, 4.69) is 4.72 Å². The molecule has 0 saturated carbocycles. The van der Waals surface area contributed by atoms with Crippen molar-refractivity contribution in [3.05, 3.63) is 18.2 Å². The predicted octanol–water partition coefficient (Wildman–Crippen LogP) is 0.693. The molecule has 1 fully saturated rings. The summed E-state index contributed by atoms with van der Waals surface area (Å²) in [6.45, 7) is 2.22. The number of hydrogen-bond donors (Lipinski definition) is 2. The highest BCUT2D eigenvalue weighted by Crippen LogP contribution is 2.41. The summed E-state index contributed by atoms with van der Waals surface area (Å²) < 4.78 is 31.1. The Kier molecular flexibility index (Phi) is 3.60. The molecule has 2 atom stereocenters. The highest BCUT2D eigenvalue weighted by atomic mass is 32.2. The van der Waals surface area contributed by atoms with Gasteiger partial charge >= 0.3 is 6.03 Å². The minimum atomic E-state index is -3.40. The summed E-state index contributed by atoms with van der Waals surface area (Å²) in [6.07, 6.45) is 0.877. The van der Waals surface area contributed by atoms with Gasteiger partial charge in [0, 0.05) is 0 Å². The molecule has 2 aliphatic heterocycles. The van der Waals surface area contributed by atoms with Crippen LogP contribution in [0.15, 0.2) is 18.2 Å². The van der Waals surface area contributed by atoms with Gasteiger partial charge in [0.1, 0.15) is 11.9 Å². The van der Waals surface area contributed by atoms with Crippen molar-refractivity contribution < 1.29 is 17.9 Å². The zero-order valence-corrected chi connectivity index (χ0v) is 14.1. The second-order valence-corrected chi connectivity index (χ2v) is 7.66. The Balaban J connectivity index is 2.04. The Morgan fingerprint density at radius 1 is 1.48 bits per heavy atom. The second-order valence-electron chi connectivity index (χ2n) is 5.55. The number of rotatable bonds is 2. The van der Waals surface area contributed by atoms with Gasteiger partial charge in [-0.1, -0.05) is 0 Å². The molecule has 3 N–H and O–H groups in total. The number of benzene rings is 1. The molecule has 2 unspecified atom stereocenters. The van der Waals surface area contributed by atoms with E-state index in [1.165, 1.54) is 4.90 Å². The molecule has 0 spiro atoms. The molecule has 8 nitrogen and oxygen atoms in total. The summed E-state index contributed by atoms with van der Waals surface area (Å²) in [7, 11) is -3.40. The van der Waals surface area contributed by atoms with E-state index in [0.717, 1.165) is 6.26 Å². The molecule has 1 aromatic carbocycles. The fourth-order valence-corrected chi connectivity index (χ4v) is 3.76. The number of primary amides is 1. The number of carbonyl (C=O) groups is 1. The van der Waals surface area contributed by atoms with Crippen LogP contribution in [0.4, 0.5) is 16.2 Å². The number of carbonyl (C=O) groups excluding carboxylic acids is 1. The van der Waals surface area contributed by atoms with Crippen LogP contribution in [0.5, 0.6) is 5.75 Å². The number of nitrogens with two attached hydrogens (primary N) is 1. The standard InChI is InChI=1S/C13H16N4O4S2/c1-7-10-6-16(12(14)18)13(22)17(10)9-5-8(15-23(2,19)20)3-4-11(9)21-7/h3-5,7,10,15H,6H2,1-2H3,(H2,14,18). The number of urea groups is 1. The molecule has 2 heterocycles. The van der Waals surface area contributed by atoms with Crippen molar-refractivity contribution >= 4 is 44.8 Å². The lowest BCUT2D eigenvalue weighted by atomic mass is 10.1. The first-order chi connectivity index (χ1) is 10.7. The number of sulfonamides is 1. The van der Waals surface area contributed by atoms with Crippen molar-refractivity contribution in [3.8, 4) is 5.75 Å². The third-order valence-electron chi connectivity index (χ3n) is 3.78. The molecule has 1 aromatic rings. The minimum absolute atomic E-state index is 0.170. The van der Waals surface area contributed by atoms with Gasteiger partial charge in [0.05, 0.1) is 30.2 Å². The summed E-state index contributed by atoms with van der Waals surface area (Å²) in [5.74, 6) is 0.571. The highest BCUT2D eigenvalue weighted by Gasteiger charge is 2.45. The van der Waals surface area contributed by atoms with Gasteiger partial charge in [0.2, 0.25) is 10.0 Å². The van der Waals surface area contributed by atoms with E-state index < -0.39 is 16.1 Å². The van der Waals surface area contributed by atoms with Crippen molar-refractivity contribution in [2.24, 2.45) is 5.73 Å². The summed E-state index contributed by atoms with van der Waals surface area (Å²) >= 11 is 5.35. The van der Waals surface area contributed by atoms with E-state index in [-0.39, 0.29) is 17.3 Å². The Hall–Kier alpha value is -2.07. The van der Waals surface area contributed by atoms with Gasteiger partial charge in [-0.2, -0.15) is 0 Å². The molecule has 0 radical (unpaired) electrons. The fourth-order valence-electron chi connectivity index (χ4n) is 2.80. The quantitative estimate of drug-likeness (QED) is 0.756. The van der Waals surface area contributed by atoms with Crippen LogP contribution in [0.3, 0.4) is 0 Å². The maximum absolute atomic E-state index is 11.5. The smallest absolute Gasteiger partial charge is 0.321 e. The van der Waals surface area contributed by atoms with Crippen LogP contribution in [-0.4, -0.2) is 49.4 Å². The summed E-state index contributed by atoms with van der Waals surface area (Å²) in [5, 5.41) is 0.287. The lowest BCUT2D eigenvalue weighted by molar-refractivity contribution is 0.175. The Morgan fingerprint density at radius 3 is 2.78 bits per heavy atom. The molecule has 2 amide bonds. The first-order valence-corrected chi connectivity index (χ1v) is 9.16. The van der Waals surface area contributed by atoms with Crippen molar-refractivity contribution in [2.75, 3.05) is 22.4 Å². The zero-order valence-electron chi connectivity index (χ0n) is 12.5. The van der Waals surface area contributed by atoms with Crippen LogP contribution in [0.1, 0.15) is 6.92 Å². The van der Waals surface area contributed by atoms with E-state index in [0.29, 0.717) is 23.7 Å². The predicted molar refractivity (Wildman–Crippen MR) is 90.2 cm³/mol. The molecular weight excluding hydrogens is 340 g/mol. The molecule has 0 bridgehead atoms. The minimum Gasteiger partial charge on any atom is -0.486 e. The van der Waals surface area contributed by atoms with Gasteiger partial charge < -0.3 is 15.4 Å². The van der Waals surface area contributed by atoms with Crippen molar-refractivity contribution in [1.29, 1.82) is 0 Å². The second kappa shape index (κ2) is 5.24. The average molecular weight is 356 g/mol. The van der Waals surface area contributed by atoms with Crippen LogP contribution in [0.25, 0.3) is 0 Å². The number of ether oxygens (including phenoxy) is 1. The molecule has 124 valence electrons. The molecule has 10 heteroatoms. The third kappa shape index (κ3) is 2.79. The van der Waals surface area contributed by atoms with Crippen LogP contribution in [-0.2, 0) is 10.0 Å². The SMILES string of the molecule is CC1Oc2ccc(NS(C)(=O)=O)cc2N2C(=S)N(C(N)=O)CC12. The van der Waals surface area contributed by atoms with Gasteiger partial charge in [0.25, 0.3) is 0 Å². The van der Waals surface area contributed by atoms with Crippen molar-refractivity contribution in [1.82, 2.24) is 4.90 Å². The van der Waals surface area contributed by atoms with Crippen LogP contribution in [0, 0.1) is 0 Å². The number of anilines is 2. The fraction of sp³-hybridized carbons (Fsp3) is 0.385. The van der Waals surface area contributed by atoms with Crippen LogP contribution >= 0.6 is 12.2 Å². The van der Waals surface area contributed by atoms with E-state index in [9.17, 15) is 13.2 Å². The molecule has 0 aromatic heterocycles. The van der Waals surface area contributed by atoms with Gasteiger partial charge in [0.15, 0.2) is 5.11 Å². The largest absolute Gasteiger partial charge is 0.486 e. The van der Waals surface area contributed by atoms with Gasteiger partial charge in [-0.3, -0.25) is 9.62 Å². The Morgan fingerprint density at radius 2 is 2.17 bits per heavy atom. The van der Waals surface area contributed by atoms with Gasteiger partial charge in [-0.25, -0.2) is 13.2 Å². The average Bonchev–Trinajstić information content (AvgIpc) is 2.77. The number of nitrogens with zero attached hydrogens (tertiary/aromatic N) is 2. The Bertz CT molecular complexity index is 795. The molecule has 1 saturated heterocycles. The normalized spacial score (nSPS) is 23.1. The first kappa shape index (κ1) is 15.8. The van der Waals surface area contributed by atoms with E-state index in [4.69, 9.17) is 22.7 Å². The number of thiocarbonyl (C=S) groups is 1. The third-order valence-corrected chi connectivity index (χ3v) is 4.80. The Labute approximate surface area is 139 Å². The monoisotopic (exact) mass is 356 g/mol. The topological polar surface area (TPSA) is 105 Å². The molecule has 23 heavy (non-hydrogen) atoms. The lowest BCUT2D eigenvalue weighted by Gasteiger charge is -2.36. The molecular formula is C13H16N4O4S2. The number of amides is 2.